The van der Waals surface area contributed by atoms with E-state index in [-0.39, 0.29) is 6.17 Å². The first-order chi connectivity index (χ1) is 23.8. The van der Waals surface area contributed by atoms with Crippen molar-refractivity contribution in [1.82, 2.24) is 10.3 Å². The summed E-state index contributed by atoms with van der Waals surface area (Å²) in [5, 5.41) is 10.3. The second-order valence-electron chi connectivity index (χ2n) is 12.0. The lowest BCUT2D eigenvalue weighted by Crippen LogP contribution is -2.34. The quantitative estimate of drug-likeness (QED) is 0.210. The monoisotopic (exact) mass is 634 g/mol. The topological polar surface area (TPSA) is 62.8 Å². The first-order valence-corrected chi connectivity index (χ1v) is 16.8. The Labute approximate surface area is 279 Å². The summed E-state index contributed by atoms with van der Waals surface area (Å²) in [5.41, 5.74) is 6.39. The molecule has 1 aliphatic rings. The molecule has 3 aromatic heterocycles. The van der Waals surface area contributed by atoms with E-state index in [2.05, 4.69) is 96.3 Å². The van der Waals surface area contributed by atoms with Gasteiger partial charge in [-0.05, 0) is 46.2 Å². The van der Waals surface area contributed by atoms with E-state index in [1.54, 1.807) is 0 Å². The lowest BCUT2D eigenvalue weighted by atomic mass is 9.97. The smallest absolute Gasteiger partial charge is 0.159 e. The van der Waals surface area contributed by atoms with Gasteiger partial charge in [-0.25, -0.2) is 9.98 Å². The average Bonchev–Trinajstić information content (AvgIpc) is 3.72. The van der Waals surface area contributed by atoms with Crippen LogP contribution < -0.4 is 5.32 Å². The molecule has 10 rings (SSSR count). The van der Waals surface area contributed by atoms with Gasteiger partial charge in [0.15, 0.2) is 11.7 Å². The van der Waals surface area contributed by atoms with Crippen LogP contribution >= 0.6 is 11.3 Å². The van der Waals surface area contributed by atoms with Gasteiger partial charge in [0.25, 0.3) is 0 Å². The van der Waals surface area contributed by atoms with E-state index in [9.17, 15) is 0 Å². The van der Waals surface area contributed by atoms with Crippen LogP contribution in [0.2, 0.25) is 0 Å². The number of hydrogen-bond donors (Lipinski definition) is 1. The third kappa shape index (κ3) is 4.27. The van der Waals surface area contributed by atoms with Gasteiger partial charge in [0.2, 0.25) is 0 Å². The summed E-state index contributed by atoms with van der Waals surface area (Å²) in [7, 11) is 0. The zero-order valence-electron chi connectivity index (χ0n) is 25.6. The molecule has 1 atom stereocenters. The maximum atomic E-state index is 6.89. The van der Waals surface area contributed by atoms with Crippen molar-refractivity contribution in [2.45, 2.75) is 6.17 Å². The number of nitrogens with one attached hydrogen (secondary N) is 1. The molecule has 0 radical (unpaired) electrons. The zero-order valence-corrected chi connectivity index (χ0v) is 26.4. The van der Waals surface area contributed by atoms with E-state index in [4.69, 9.17) is 19.4 Å². The van der Waals surface area contributed by atoms with E-state index in [0.717, 1.165) is 60.7 Å². The van der Waals surface area contributed by atoms with Crippen LogP contribution in [0, 0.1) is 0 Å². The normalized spacial score (nSPS) is 14.9. The minimum absolute atomic E-state index is 0.338. The molecule has 0 saturated heterocycles. The van der Waals surface area contributed by atoms with Crippen molar-refractivity contribution in [2.75, 3.05) is 0 Å². The Hall–Kier alpha value is -6.11. The van der Waals surface area contributed by atoms with Gasteiger partial charge < -0.3 is 9.73 Å². The van der Waals surface area contributed by atoms with Crippen molar-refractivity contribution in [1.29, 1.82) is 0 Å². The number of nitrogens with zero attached hydrogens (tertiary/aromatic N) is 3. The molecule has 0 amide bonds. The second kappa shape index (κ2) is 10.7. The van der Waals surface area contributed by atoms with Gasteiger partial charge >= 0.3 is 0 Å². The van der Waals surface area contributed by atoms with Gasteiger partial charge in [0, 0.05) is 42.9 Å². The minimum atomic E-state index is -0.338. The number of aromatic nitrogens is 1. The first kappa shape index (κ1) is 27.0. The van der Waals surface area contributed by atoms with Crippen LogP contribution in [0.25, 0.3) is 64.0 Å². The number of thiophene rings is 1. The summed E-state index contributed by atoms with van der Waals surface area (Å²) < 4.78 is 9.39. The number of amidine groups is 2. The van der Waals surface area contributed by atoms with E-state index in [0.29, 0.717) is 11.7 Å². The molecule has 0 aliphatic carbocycles. The third-order valence-electron chi connectivity index (χ3n) is 9.17. The Balaban J connectivity index is 1.27. The maximum absolute atomic E-state index is 6.89. The molecule has 4 heterocycles. The van der Waals surface area contributed by atoms with Gasteiger partial charge in [-0.1, -0.05) is 115 Å². The number of aliphatic imine (C=N–C) groups is 2. The molecule has 9 aromatic rings. The lowest BCUT2D eigenvalue weighted by Gasteiger charge is -2.23. The van der Waals surface area contributed by atoms with E-state index in [1.165, 1.54) is 20.2 Å². The van der Waals surface area contributed by atoms with Crippen LogP contribution in [0.5, 0.6) is 0 Å². The minimum Gasteiger partial charge on any atom is -0.455 e. The van der Waals surface area contributed by atoms with Crippen LogP contribution in [0.3, 0.4) is 0 Å². The maximum Gasteiger partial charge on any atom is 0.159 e. The average molecular weight is 635 g/mol. The highest BCUT2D eigenvalue weighted by atomic mass is 32.1. The predicted molar refractivity (Wildman–Crippen MR) is 199 cm³/mol. The fourth-order valence-corrected chi connectivity index (χ4v) is 8.05. The molecule has 1 unspecified atom stereocenters. The molecule has 0 fully saturated rings. The molecular weight excluding hydrogens is 609 g/mol. The number of fused-ring (bicyclic) bond motifs is 7. The number of hydrogen-bond acceptors (Lipinski definition) is 6. The zero-order chi connectivity index (χ0) is 31.6. The molecule has 0 spiro atoms. The molecule has 6 aromatic carbocycles. The number of rotatable bonds is 4. The molecule has 226 valence electrons. The van der Waals surface area contributed by atoms with Crippen molar-refractivity contribution in [3.8, 4) is 11.1 Å². The Morgan fingerprint density at radius 1 is 0.625 bits per heavy atom. The number of benzene rings is 6. The molecular formula is C42H26N4OS. The van der Waals surface area contributed by atoms with Crippen LogP contribution in [0.1, 0.15) is 23.0 Å². The highest BCUT2D eigenvalue weighted by Gasteiger charge is 2.27. The summed E-state index contributed by atoms with van der Waals surface area (Å²) in [6.07, 6.45) is 1.62. The van der Waals surface area contributed by atoms with E-state index in [1.807, 2.05) is 66.1 Å². The highest BCUT2D eigenvalue weighted by molar-refractivity contribution is 7.25. The Kier molecular flexibility index (Phi) is 6.04. The molecule has 5 nitrogen and oxygen atoms in total. The van der Waals surface area contributed by atoms with E-state index >= 15 is 0 Å². The van der Waals surface area contributed by atoms with Crippen LogP contribution in [-0.4, -0.2) is 16.7 Å². The summed E-state index contributed by atoms with van der Waals surface area (Å²) in [5.74, 6) is 1.31. The summed E-state index contributed by atoms with van der Waals surface area (Å²) in [6.45, 7) is 0. The molecule has 48 heavy (non-hydrogen) atoms. The highest BCUT2D eigenvalue weighted by Crippen LogP contribution is 2.44. The molecule has 6 heteroatoms. The van der Waals surface area contributed by atoms with Gasteiger partial charge in [0.1, 0.15) is 23.0 Å². The molecule has 1 N–H and O–H groups in total. The summed E-state index contributed by atoms with van der Waals surface area (Å²) >= 11 is 1.81. The first-order valence-electron chi connectivity index (χ1n) is 16.0. The molecule has 0 saturated carbocycles. The van der Waals surface area contributed by atoms with Gasteiger partial charge in [-0.3, -0.25) is 4.98 Å². The van der Waals surface area contributed by atoms with Gasteiger partial charge in [-0.15, -0.1) is 11.3 Å². The standard InChI is InChI=1S/C42H26N4OS/c1-3-12-25(13-4-1)40-44-41(26-14-5-2-6-15-26)46-42(45-40)38-37-31-22-27-16-7-8-17-28(27)23-33(31)47-39(37)32(24-43-38)29-19-11-21-35-36(29)30-18-9-10-20-34(30)48-35/h1-24,40H,(H,44,45,46). The molecule has 1 aliphatic heterocycles. The second-order valence-corrected chi connectivity index (χ2v) is 13.1. The Bertz CT molecular complexity index is 2760. The lowest BCUT2D eigenvalue weighted by molar-refractivity contribution is 0.668. The van der Waals surface area contributed by atoms with Crippen LogP contribution in [0.15, 0.2) is 160 Å². The Morgan fingerprint density at radius 3 is 2.21 bits per heavy atom. The van der Waals surface area contributed by atoms with Crippen molar-refractivity contribution in [3.05, 3.63) is 163 Å². The SMILES string of the molecule is c1ccc(C2=NC(c3ccccc3)NC(c3ncc(-c4cccc5sc6ccccc6c45)c4oc5cc6ccccc6cc5c34)=N2)cc1. The van der Waals surface area contributed by atoms with Crippen molar-refractivity contribution >= 4 is 75.9 Å². The summed E-state index contributed by atoms with van der Waals surface area (Å²) in [6, 6.07) is 48.3. The van der Waals surface area contributed by atoms with Crippen molar-refractivity contribution in [2.24, 2.45) is 9.98 Å². The molecule has 0 bridgehead atoms. The van der Waals surface area contributed by atoms with Crippen molar-refractivity contribution < 1.29 is 4.42 Å². The predicted octanol–water partition coefficient (Wildman–Crippen LogP) is 10.7. The number of pyridine rings is 1. The van der Waals surface area contributed by atoms with E-state index < -0.39 is 0 Å². The summed E-state index contributed by atoms with van der Waals surface area (Å²) in [4.78, 5) is 15.4. The largest absolute Gasteiger partial charge is 0.455 e. The van der Waals surface area contributed by atoms with Crippen LogP contribution in [-0.2, 0) is 0 Å². The fourth-order valence-electron chi connectivity index (χ4n) is 6.92. The fraction of sp³-hybridized carbons (Fsp3) is 0.0238. The van der Waals surface area contributed by atoms with Crippen molar-refractivity contribution in [3.63, 3.8) is 0 Å². The van der Waals surface area contributed by atoms with Gasteiger partial charge in [-0.2, -0.15) is 0 Å². The number of furan rings is 1. The van der Waals surface area contributed by atoms with Crippen LogP contribution in [0.4, 0.5) is 0 Å². The third-order valence-corrected chi connectivity index (χ3v) is 10.3. The Morgan fingerprint density at radius 2 is 1.35 bits per heavy atom. The van der Waals surface area contributed by atoms with Gasteiger partial charge in [0.05, 0.1) is 5.39 Å².